The minimum atomic E-state index is 0.299. The summed E-state index contributed by atoms with van der Waals surface area (Å²) in [7, 11) is 0. The molecular weight excluding hydrogens is 204 g/mol. The monoisotopic (exact) mass is 222 g/mol. The Morgan fingerprint density at radius 1 is 1.20 bits per heavy atom. The zero-order valence-electron chi connectivity index (χ0n) is 9.45. The van der Waals surface area contributed by atoms with Gasteiger partial charge < -0.3 is 4.79 Å². The molecule has 1 rings (SSSR count). The summed E-state index contributed by atoms with van der Waals surface area (Å²) in [5.41, 5.74) is 1.37. The van der Waals surface area contributed by atoms with Gasteiger partial charge in [-0.1, -0.05) is 12.1 Å². The lowest BCUT2D eigenvalue weighted by molar-refractivity contribution is -0.117. The highest BCUT2D eigenvalue weighted by Gasteiger charge is 1.96. The molecule has 1 aromatic carbocycles. The zero-order chi connectivity index (χ0) is 11.1. The third-order valence-electron chi connectivity index (χ3n) is 2.40. The molecule has 82 valence electrons. The largest absolute Gasteiger partial charge is 0.300 e. The van der Waals surface area contributed by atoms with Crippen molar-refractivity contribution < 1.29 is 4.79 Å². The maximum atomic E-state index is 10.7. The maximum absolute atomic E-state index is 10.7. The summed E-state index contributed by atoms with van der Waals surface area (Å²) in [6.45, 7) is 1.66. The molecule has 0 fully saturated rings. The normalized spacial score (nSPS) is 10.3. The van der Waals surface area contributed by atoms with E-state index in [0.717, 1.165) is 25.7 Å². The van der Waals surface area contributed by atoms with Crippen molar-refractivity contribution in [2.24, 2.45) is 0 Å². The van der Waals surface area contributed by atoms with Gasteiger partial charge >= 0.3 is 0 Å². The van der Waals surface area contributed by atoms with E-state index < -0.39 is 0 Å². The van der Waals surface area contributed by atoms with Crippen molar-refractivity contribution in [1.29, 1.82) is 0 Å². The van der Waals surface area contributed by atoms with E-state index in [2.05, 4.69) is 30.5 Å². The van der Waals surface area contributed by atoms with Gasteiger partial charge in [0.2, 0.25) is 0 Å². The second kappa shape index (κ2) is 6.67. The van der Waals surface area contributed by atoms with Crippen LogP contribution in [0.25, 0.3) is 0 Å². The first kappa shape index (κ1) is 12.3. The van der Waals surface area contributed by atoms with Gasteiger partial charge in [0.1, 0.15) is 5.78 Å². The Balaban J connectivity index is 2.28. The van der Waals surface area contributed by atoms with Gasteiger partial charge in [0.25, 0.3) is 0 Å². The molecule has 1 nitrogen and oxygen atoms in total. The standard InChI is InChI=1S/C13H18OS/c1-11(14)5-3-4-6-12-7-9-13(15-2)10-8-12/h7-10H,3-6H2,1-2H3. The molecule has 0 N–H and O–H groups in total. The molecule has 2 heteroatoms. The molecule has 0 spiro atoms. The number of Topliss-reactive ketones (excluding diaryl/α,β-unsaturated/α-hetero) is 1. The molecular formula is C13H18OS. The molecule has 15 heavy (non-hydrogen) atoms. The number of hydrogen-bond donors (Lipinski definition) is 0. The molecule has 0 heterocycles. The van der Waals surface area contributed by atoms with E-state index in [9.17, 15) is 4.79 Å². The highest BCUT2D eigenvalue weighted by Crippen LogP contribution is 2.16. The Morgan fingerprint density at radius 2 is 1.87 bits per heavy atom. The van der Waals surface area contributed by atoms with Crippen molar-refractivity contribution >= 4 is 17.5 Å². The van der Waals surface area contributed by atoms with Crippen LogP contribution in [0.5, 0.6) is 0 Å². The lowest BCUT2D eigenvalue weighted by Gasteiger charge is -2.02. The van der Waals surface area contributed by atoms with Gasteiger partial charge in [0.15, 0.2) is 0 Å². The maximum Gasteiger partial charge on any atom is 0.129 e. The fourth-order valence-electron chi connectivity index (χ4n) is 1.50. The third-order valence-corrected chi connectivity index (χ3v) is 3.15. The summed E-state index contributed by atoms with van der Waals surface area (Å²) in [5.74, 6) is 0.299. The predicted octanol–water partition coefficient (Wildman–Crippen LogP) is 3.71. The van der Waals surface area contributed by atoms with E-state index in [4.69, 9.17) is 0 Å². The first-order valence-corrected chi connectivity index (χ1v) is 6.57. The van der Waals surface area contributed by atoms with Gasteiger partial charge in [-0.05, 0) is 50.1 Å². The number of carbonyl (C=O) groups is 1. The number of unbranched alkanes of at least 4 members (excludes halogenated alkanes) is 1. The van der Waals surface area contributed by atoms with Crippen LogP contribution in [0, 0.1) is 0 Å². The predicted molar refractivity (Wildman–Crippen MR) is 66.5 cm³/mol. The molecule has 0 saturated carbocycles. The fraction of sp³-hybridized carbons (Fsp3) is 0.462. The molecule has 1 aromatic rings. The van der Waals surface area contributed by atoms with Crippen LogP contribution in [-0.2, 0) is 11.2 Å². The van der Waals surface area contributed by atoms with Crippen LogP contribution >= 0.6 is 11.8 Å². The summed E-state index contributed by atoms with van der Waals surface area (Å²) in [4.78, 5) is 12.0. The topological polar surface area (TPSA) is 17.1 Å². The van der Waals surface area contributed by atoms with Gasteiger partial charge in [-0.25, -0.2) is 0 Å². The molecule has 0 aromatic heterocycles. The first-order valence-electron chi connectivity index (χ1n) is 5.34. The van der Waals surface area contributed by atoms with Gasteiger partial charge in [0.05, 0.1) is 0 Å². The van der Waals surface area contributed by atoms with Crippen molar-refractivity contribution in [2.75, 3.05) is 6.26 Å². The second-order valence-electron chi connectivity index (χ2n) is 3.76. The smallest absolute Gasteiger partial charge is 0.129 e. The van der Waals surface area contributed by atoms with Crippen LogP contribution in [0.3, 0.4) is 0 Å². The van der Waals surface area contributed by atoms with Crippen molar-refractivity contribution in [3.63, 3.8) is 0 Å². The highest BCUT2D eigenvalue weighted by atomic mass is 32.2. The summed E-state index contributed by atoms with van der Waals surface area (Å²) < 4.78 is 0. The summed E-state index contributed by atoms with van der Waals surface area (Å²) in [5, 5.41) is 0. The molecule has 0 radical (unpaired) electrons. The second-order valence-corrected chi connectivity index (χ2v) is 4.64. The third kappa shape index (κ3) is 5.03. The Morgan fingerprint density at radius 3 is 2.40 bits per heavy atom. The molecule has 0 saturated heterocycles. The number of thioether (sulfide) groups is 1. The number of ketones is 1. The van der Waals surface area contributed by atoms with Crippen molar-refractivity contribution in [2.45, 2.75) is 37.5 Å². The van der Waals surface area contributed by atoms with E-state index in [1.165, 1.54) is 10.5 Å². The average molecular weight is 222 g/mol. The molecule has 0 unspecified atom stereocenters. The fourth-order valence-corrected chi connectivity index (χ4v) is 1.90. The number of carbonyl (C=O) groups excluding carboxylic acids is 1. The van der Waals surface area contributed by atoms with Crippen LogP contribution in [0.15, 0.2) is 29.2 Å². The van der Waals surface area contributed by atoms with E-state index >= 15 is 0 Å². The lowest BCUT2D eigenvalue weighted by atomic mass is 10.1. The minimum absolute atomic E-state index is 0.299. The molecule has 0 aliphatic rings. The van der Waals surface area contributed by atoms with Crippen molar-refractivity contribution in [1.82, 2.24) is 0 Å². The Bertz CT molecular complexity index is 303. The van der Waals surface area contributed by atoms with Crippen molar-refractivity contribution in [3.05, 3.63) is 29.8 Å². The van der Waals surface area contributed by atoms with Crippen LogP contribution in [0.2, 0.25) is 0 Å². The number of rotatable bonds is 6. The molecule has 0 amide bonds. The Labute approximate surface area is 96.3 Å². The Hall–Kier alpha value is -0.760. The summed E-state index contributed by atoms with van der Waals surface area (Å²) >= 11 is 1.77. The quantitative estimate of drug-likeness (QED) is 0.539. The van der Waals surface area contributed by atoms with Gasteiger partial charge in [0, 0.05) is 11.3 Å². The number of benzene rings is 1. The van der Waals surface area contributed by atoms with E-state index in [1.807, 2.05) is 0 Å². The summed E-state index contributed by atoms with van der Waals surface area (Å²) in [6.07, 6.45) is 6.02. The summed E-state index contributed by atoms with van der Waals surface area (Å²) in [6, 6.07) is 8.68. The van der Waals surface area contributed by atoms with Crippen LogP contribution in [-0.4, -0.2) is 12.0 Å². The van der Waals surface area contributed by atoms with E-state index in [1.54, 1.807) is 18.7 Å². The molecule has 0 aliphatic heterocycles. The number of hydrogen-bond acceptors (Lipinski definition) is 2. The van der Waals surface area contributed by atoms with Crippen LogP contribution in [0.1, 0.15) is 31.7 Å². The molecule has 0 bridgehead atoms. The Kier molecular flexibility index (Phi) is 5.48. The highest BCUT2D eigenvalue weighted by molar-refractivity contribution is 7.98. The SMILES string of the molecule is CSc1ccc(CCCCC(C)=O)cc1. The van der Waals surface area contributed by atoms with Crippen molar-refractivity contribution in [3.8, 4) is 0 Å². The zero-order valence-corrected chi connectivity index (χ0v) is 10.3. The number of aryl methyl sites for hydroxylation is 1. The lowest BCUT2D eigenvalue weighted by Crippen LogP contribution is -1.91. The van der Waals surface area contributed by atoms with E-state index in [-0.39, 0.29) is 0 Å². The van der Waals surface area contributed by atoms with Gasteiger partial charge in [-0.15, -0.1) is 11.8 Å². The first-order chi connectivity index (χ1) is 7.22. The molecule has 0 aliphatic carbocycles. The minimum Gasteiger partial charge on any atom is -0.300 e. The van der Waals surface area contributed by atoms with Crippen LogP contribution < -0.4 is 0 Å². The van der Waals surface area contributed by atoms with Gasteiger partial charge in [-0.2, -0.15) is 0 Å². The van der Waals surface area contributed by atoms with E-state index in [0.29, 0.717) is 5.78 Å². The average Bonchev–Trinajstić information content (AvgIpc) is 2.25. The van der Waals surface area contributed by atoms with Gasteiger partial charge in [-0.3, -0.25) is 0 Å². The van der Waals surface area contributed by atoms with Crippen LogP contribution in [0.4, 0.5) is 0 Å². The molecule has 0 atom stereocenters.